The molecule has 14 heavy (non-hydrogen) atoms. The largest absolute Gasteiger partial charge is 0.772 e. The van der Waals surface area contributed by atoms with Gasteiger partial charge in [-0.2, -0.15) is 0 Å². The molecule has 0 aliphatic rings. The Kier molecular flexibility index (Phi) is 3.79. The lowest BCUT2D eigenvalue weighted by Crippen LogP contribution is -2.07. The van der Waals surface area contributed by atoms with Crippen molar-refractivity contribution in [1.82, 2.24) is 0 Å². The standard InChI is InChI=1S/C9H10O4S/c1-13-9(10)8-5-3-2-4-7(8)6-14(11)12/h2-5H,6H2,1H3,(H,11,12)/p-1. The second-order valence-electron chi connectivity index (χ2n) is 2.60. The maximum absolute atomic E-state index is 11.2. The summed E-state index contributed by atoms with van der Waals surface area (Å²) < 4.78 is 25.5. The van der Waals surface area contributed by atoms with E-state index in [1.165, 1.54) is 13.2 Å². The van der Waals surface area contributed by atoms with Crippen molar-refractivity contribution < 1.29 is 18.3 Å². The molecule has 4 nitrogen and oxygen atoms in total. The number of benzene rings is 1. The minimum absolute atomic E-state index is 0.175. The molecule has 0 heterocycles. The number of carbonyl (C=O) groups excluding carboxylic acids is 1. The van der Waals surface area contributed by atoms with Gasteiger partial charge in [0.25, 0.3) is 0 Å². The predicted octanol–water partition coefficient (Wildman–Crippen LogP) is 0.852. The fourth-order valence-corrected chi connectivity index (χ4v) is 1.59. The van der Waals surface area contributed by atoms with Gasteiger partial charge in [-0.15, -0.1) is 0 Å². The van der Waals surface area contributed by atoms with E-state index in [-0.39, 0.29) is 5.75 Å². The van der Waals surface area contributed by atoms with E-state index in [1.807, 2.05) is 0 Å². The molecule has 1 unspecified atom stereocenters. The molecule has 0 N–H and O–H groups in total. The summed E-state index contributed by atoms with van der Waals surface area (Å²) in [5, 5.41) is 0. The molecule has 0 fully saturated rings. The van der Waals surface area contributed by atoms with E-state index in [4.69, 9.17) is 0 Å². The summed E-state index contributed by atoms with van der Waals surface area (Å²) >= 11 is -2.20. The molecule has 0 saturated carbocycles. The van der Waals surface area contributed by atoms with Gasteiger partial charge in [0.1, 0.15) is 0 Å². The van der Waals surface area contributed by atoms with Crippen molar-refractivity contribution in [3.63, 3.8) is 0 Å². The molecule has 1 aromatic rings. The predicted molar refractivity (Wildman–Crippen MR) is 50.4 cm³/mol. The molecule has 76 valence electrons. The van der Waals surface area contributed by atoms with E-state index in [2.05, 4.69) is 4.74 Å². The van der Waals surface area contributed by atoms with Crippen LogP contribution >= 0.6 is 0 Å². The zero-order chi connectivity index (χ0) is 10.6. The molecule has 0 bridgehead atoms. The second-order valence-corrected chi connectivity index (χ2v) is 3.49. The summed E-state index contributed by atoms with van der Waals surface area (Å²) in [6.45, 7) is 0. The number of methoxy groups -OCH3 is 1. The number of esters is 1. The fourth-order valence-electron chi connectivity index (χ4n) is 1.08. The molecule has 5 heteroatoms. The van der Waals surface area contributed by atoms with E-state index in [0.717, 1.165) is 0 Å². The van der Waals surface area contributed by atoms with Crippen molar-refractivity contribution in [2.75, 3.05) is 7.11 Å². The van der Waals surface area contributed by atoms with Gasteiger partial charge in [0.2, 0.25) is 0 Å². The average Bonchev–Trinajstić information content (AvgIpc) is 2.16. The van der Waals surface area contributed by atoms with Crippen LogP contribution < -0.4 is 0 Å². The number of hydrogen-bond donors (Lipinski definition) is 0. The van der Waals surface area contributed by atoms with Crippen molar-refractivity contribution in [3.8, 4) is 0 Å². The van der Waals surface area contributed by atoms with E-state index in [0.29, 0.717) is 11.1 Å². The van der Waals surface area contributed by atoms with Crippen LogP contribution in [0, 0.1) is 0 Å². The van der Waals surface area contributed by atoms with E-state index in [1.54, 1.807) is 18.2 Å². The van der Waals surface area contributed by atoms with Gasteiger partial charge in [0.15, 0.2) is 0 Å². The molecule has 1 aromatic carbocycles. The van der Waals surface area contributed by atoms with Crippen LogP contribution in [0.25, 0.3) is 0 Å². The van der Waals surface area contributed by atoms with Crippen LogP contribution in [-0.4, -0.2) is 21.8 Å². The van der Waals surface area contributed by atoms with Gasteiger partial charge in [-0.1, -0.05) is 29.3 Å². The summed E-state index contributed by atoms with van der Waals surface area (Å²) in [5.41, 5.74) is 0.742. The van der Waals surface area contributed by atoms with Gasteiger partial charge in [0.05, 0.1) is 12.7 Å². The molecule has 0 amide bonds. The topological polar surface area (TPSA) is 66.4 Å². The summed E-state index contributed by atoms with van der Waals surface area (Å²) in [4.78, 5) is 11.2. The first-order valence-electron chi connectivity index (χ1n) is 3.87. The molecular formula is C9H9O4S-. The molecule has 0 aliphatic carbocycles. The monoisotopic (exact) mass is 213 g/mol. The zero-order valence-corrected chi connectivity index (χ0v) is 8.37. The maximum atomic E-state index is 11.2. The first-order chi connectivity index (χ1) is 6.65. The summed E-state index contributed by atoms with van der Waals surface area (Å²) in [6.07, 6.45) is 0. The summed E-state index contributed by atoms with van der Waals surface area (Å²) in [5.74, 6) is -0.697. The Morgan fingerprint density at radius 1 is 1.50 bits per heavy atom. The highest BCUT2D eigenvalue weighted by molar-refractivity contribution is 7.78. The highest BCUT2D eigenvalue weighted by Crippen LogP contribution is 2.11. The number of ether oxygens (including phenoxy) is 1. The minimum atomic E-state index is -2.20. The van der Waals surface area contributed by atoms with Gasteiger partial charge in [-0.25, -0.2) is 4.79 Å². The zero-order valence-electron chi connectivity index (χ0n) is 7.56. The third kappa shape index (κ3) is 2.65. The summed E-state index contributed by atoms with van der Waals surface area (Å²) in [7, 11) is 1.26. The van der Waals surface area contributed by atoms with Crippen molar-refractivity contribution >= 4 is 17.0 Å². The number of hydrogen-bond acceptors (Lipinski definition) is 4. The second kappa shape index (κ2) is 4.88. The molecule has 0 aromatic heterocycles. The molecular weight excluding hydrogens is 204 g/mol. The van der Waals surface area contributed by atoms with Gasteiger partial charge < -0.3 is 9.29 Å². The first-order valence-corrected chi connectivity index (χ1v) is 5.11. The van der Waals surface area contributed by atoms with Crippen molar-refractivity contribution in [1.29, 1.82) is 0 Å². The first kappa shape index (κ1) is 10.9. The minimum Gasteiger partial charge on any atom is -0.772 e. The van der Waals surface area contributed by atoms with E-state index in [9.17, 15) is 13.6 Å². The van der Waals surface area contributed by atoms with Crippen LogP contribution in [0.3, 0.4) is 0 Å². The maximum Gasteiger partial charge on any atom is 0.338 e. The lowest BCUT2D eigenvalue weighted by Gasteiger charge is -2.08. The van der Waals surface area contributed by atoms with Crippen LogP contribution in [0.4, 0.5) is 0 Å². The molecule has 1 atom stereocenters. The lowest BCUT2D eigenvalue weighted by atomic mass is 10.1. The number of rotatable bonds is 3. The van der Waals surface area contributed by atoms with Gasteiger partial charge in [-0.05, 0) is 11.6 Å². The van der Waals surface area contributed by atoms with Gasteiger partial charge in [0, 0.05) is 5.75 Å². The Morgan fingerprint density at radius 3 is 2.71 bits per heavy atom. The molecule has 0 saturated heterocycles. The quantitative estimate of drug-likeness (QED) is 0.551. The molecule has 0 radical (unpaired) electrons. The fraction of sp³-hybridized carbons (Fsp3) is 0.222. The van der Waals surface area contributed by atoms with Gasteiger partial charge in [-0.3, -0.25) is 4.21 Å². The number of carbonyl (C=O) groups is 1. The Hall–Kier alpha value is -1.20. The van der Waals surface area contributed by atoms with Crippen LogP contribution in [0.5, 0.6) is 0 Å². The third-order valence-electron chi connectivity index (χ3n) is 1.70. The normalized spacial score (nSPS) is 12.1. The highest BCUT2D eigenvalue weighted by Gasteiger charge is 2.10. The third-order valence-corrected chi connectivity index (χ3v) is 2.24. The van der Waals surface area contributed by atoms with E-state index >= 15 is 0 Å². The smallest absolute Gasteiger partial charge is 0.338 e. The SMILES string of the molecule is COC(=O)c1ccccc1CS(=O)[O-]. The Bertz CT molecular complexity index is 362. The van der Waals surface area contributed by atoms with Crippen LogP contribution in [0.1, 0.15) is 15.9 Å². The average molecular weight is 213 g/mol. The highest BCUT2D eigenvalue weighted by atomic mass is 32.2. The molecule has 0 spiro atoms. The van der Waals surface area contributed by atoms with Crippen molar-refractivity contribution in [2.24, 2.45) is 0 Å². The Balaban J connectivity index is 3.02. The van der Waals surface area contributed by atoms with Crippen LogP contribution in [-0.2, 0) is 21.6 Å². The van der Waals surface area contributed by atoms with Crippen LogP contribution in [0.15, 0.2) is 24.3 Å². The van der Waals surface area contributed by atoms with E-state index < -0.39 is 17.0 Å². The molecule has 0 aliphatic heterocycles. The molecule has 1 rings (SSSR count). The Labute approximate surface area is 84.2 Å². The Morgan fingerprint density at radius 2 is 2.14 bits per heavy atom. The summed E-state index contributed by atoms with van der Waals surface area (Å²) in [6, 6.07) is 6.45. The van der Waals surface area contributed by atoms with Crippen molar-refractivity contribution in [3.05, 3.63) is 35.4 Å². The van der Waals surface area contributed by atoms with Crippen LogP contribution in [0.2, 0.25) is 0 Å². The lowest BCUT2D eigenvalue weighted by molar-refractivity contribution is 0.0600. The van der Waals surface area contributed by atoms with Crippen molar-refractivity contribution in [2.45, 2.75) is 5.75 Å². The van der Waals surface area contributed by atoms with Gasteiger partial charge >= 0.3 is 5.97 Å².